The Labute approximate surface area is 69.6 Å². The Kier molecular flexibility index (Phi) is 2.55. The molecule has 0 fully saturated rings. The SMILES string of the molecule is Cc1ccc(F)c(C(O)C=O)c1. The minimum Gasteiger partial charge on any atom is -0.381 e. The number of aliphatic hydroxyl groups is 1. The van der Waals surface area contributed by atoms with E-state index < -0.39 is 11.9 Å². The molecule has 0 aliphatic carbocycles. The fourth-order valence-electron chi connectivity index (χ4n) is 0.963. The smallest absolute Gasteiger partial charge is 0.153 e. The van der Waals surface area contributed by atoms with Crippen LogP contribution in [-0.2, 0) is 4.79 Å². The predicted molar refractivity (Wildman–Crippen MR) is 42.2 cm³/mol. The molecule has 1 N–H and O–H groups in total. The van der Waals surface area contributed by atoms with Gasteiger partial charge in [0.2, 0.25) is 0 Å². The zero-order valence-electron chi connectivity index (χ0n) is 6.62. The number of aliphatic hydroxyl groups excluding tert-OH is 1. The maximum absolute atomic E-state index is 12.9. The standard InChI is InChI=1S/C9H9FO2/c1-6-2-3-8(10)7(4-6)9(12)5-11/h2-5,9,12H,1H3. The minimum absolute atomic E-state index is 0.0324. The van der Waals surface area contributed by atoms with Crippen molar-refractivity contribution in [1.29, 1.82) is 0 Å². The minimum atomic E-state index is -1.36. The molecule has 1 atom stereocenters. The summed E-state index contributed by atoms with van der Waals surface area (Å²) in [7, 11) is 0. The predicted octanol–water partition coefficient (Wildman–Crippen LogP) is 1.37. The summed E-state index contributed by atoms with van der Waals surface area (Å²) in [6.45, 7) is 1.76. The van der Waals surface area contributed by atoms with Crippen molar-refractivity contribution in [3.63, 3.8) is 0 Å². The van der Waals surface area contributed by atoms with Gasteiger partial charge in [-0.05, 0) is 13.0 Å². The van der Waals surface area contributed by atoms with Gasteiger partial charge in [-0.15, -0.1) is 0 Å². The lowest BCUT2D eigenvalue weighted by Gasteiger charge is -2.05. The second-order valence-corrected chi connectivity index (χ2v) is 2.61. The highest BCUT2D eigenvalue weighted by Crippen LogP contribution is 2.16. The summed E-state index contributed by atoms with van der Waals surface area (Å²) in [6.07, 6.45) is -1.05. The van der Waals surface area contributed by atoms with Gasteiger partial charge in [-0.1, -0.05) is 17.7 Å². The van der Waals surface area contributed by atoms with Crippen molar-refractivity contribution >= 4 is 6.29 Å². The monoisotopic (exact) mass is 168 g/mol. The Hall–Kier alpha value is -1.22. The molecule has 1 aromatic rings. The second-order valence-electron chi connectivity index (χ2n) is 2.61. The summed E-state index contributed by atoms with van der Waals surface area (Å²) in [5.41, 5.74) is 0.845. The van der Waals surface area contributed by atoms with Crippen LogP contribution in [0.3, 0.4) is 0 Å². The Morgan fingerprint density at radius 3 is 2.83 bits per heavy atom. The molecule has 12 heavy (non-hydrogen) atoms. The van der Waals surface area contributed by atoms with Gasteiger partial charge in [0.15, 0.2) is 6.29 Å². The van der Waals surface area contributed by atoms with Crippen molar-refractivity contribution in [3.8, 4) is 0 Å². The molecule has 0 aromatic heterocycles. The molecule has 0 aliphatic rings. The molecule has 1 rings (SSSR count). The topological polar surface area (TPSA) is 37.3 Å². The Bertz CT molecular complexity index is 297. The molecule has 0 radical (unpaired) electrons. The van der Waals surface area contributed by atoms with Gasteiger partial charge >= 0.3 is 0 Å². The summed E-state index contributed by atoms with van der Waals surface area (Å²) in [5, 5.41) is 9.03. The number of hydrogen-bond acceptors (Lipinski definition) is 2. The lowest BCUT2D eigenvalue weighted by Crippen LogP contribution is -2.01. The van der Waals surface area contributed by atoms with E-state index in [4.69, 9.17) is 5.11 Å². The molecule has 0 spiro atoms. The van der Waals surface area contributed by atoms with Crippen molar-refractivity contribution < 1.29 is 14.3 Å². The Morgan fingerprint density at radius 1 is 1.58 bits per heavy atom. The van der Waals surface area contributed by atoms with Crippen LogP contribution in [-0.4, -0.2) is 11.4 Å². The molecular weight excluding hydrogens is 159 g/mol. The fourth-order valence-corrected chi connectivity index (χ4v) is 0.963. The number of aldehydes is 1. The summed E-state index contributed by atoms with van der Waals surface area (Å²) in [6, 6.07) is 4.27. The van der Waals surface area contributed by atoms with E-state index in [0.717, 1.165) is 5.56 Å². The first-order chi connectivity index (χ1) is 5.65. The van der Waals surface area contributed by atoms with Gasteiger partial charge in [0.05, 0.1) is 0 Å². The number of carbonyl (C=O) groups excluding carboxylic acids is 1. The first-order valence-corrected chi connectivity index (χ1v) is 3.54. The van der Waals surface area contributed by atoms with Crippen molar-refractivity contribution in [3.05, 3.63) is 35.1 Å². The maximum atomic E-state index is 12.9. The van der Waals surface area contributed by atoms with E-state index in [9.17, 15) is 9.18 Å². The van der Waals surface area contributed by atoms with Gasteiger partial charge in [0.25, 0.3) is 0 Å². The van der Waals surface area contributed by atoms with Crippen LogP contribution < -0.4 is 0 Å². The number of rotatable bonds is 2. The third-order valence-electron chi connectivity index (χ3n) is 1.60. The second kappa shape index (κ2) is 3.45. The molecule has 1 aromatic carbocycles. The third kappa shape index (κ3) is 1.68. The molecule has 64 valence electrons. The summed E-state index contributed by atoms with van der Waals surface area (Å²) in [5.74, 6) is -0.555. The van der Waals surface area contributed by atoms with Crippen LogP contribution in [0.25, 0.3) is 0 Å². The van der Waals surface area contributed by atoms with E-state index >= 15 is 0 Å². The number of carbonyl (C=O) groups is 1. The Balaban J connectivity index is 3.12. The Morgan fingerprint density at radius 2 is 2.25 bits per heavy atom. The fraction of sp³-hybridized carbons (Fsp3) is 0.222. The highest BCUT2D eigenvalue weighted by molar-refractivity contribution is 5.59. The lowest BCUT2D eigenvalue weighted by atomic mass is 10.1. The van der Waals surface area contributed by atoms with Gasteiger partial charge in [-0.2, -0.15) is 0 Å². The van der Waals surface area contributed by atoms with Crippen molar-refractivity contribution in [2.75, 3.05) is 0 Å². The van der Waals surface area contributed by atoms with Crippen molar-refractivity contribution in [2.45, 2.75) is 13.0 Å². The molecule has 2 nitrogen and oxygen atoms in total. The van der Waals surface area contributed by atoms with Crippen LogP contribution in [0.15, 0.2) is 18.2 Å². The van der Waals surface area contributed by atoms with Crippen LogP contribution >= 0.6 is 0 Å². The summed E-state index contributed by atoms with van der Waals surface area (Å²) < 4.78 is 12.9. The number of benzene rings is 1. The maximum Gasteiger partial charge on any atom is 0.153 e. The molecular formula is C9H9FO2. The zero-order chi connectivity index (χ0) is 9.14. The third-order valence-corrected chi connectivity index (χ3v) is 1.60. The van der Waals surface area contributed by atoms with Crippen LogP contribution in [0.2, 0.25) is 0 Å². The molecule has 3 heteroatoms. The van der Waals surface area contributed by atoms with E-state index in [1.165, 1.54) is 12.1 Å². The molecule has 0 bridgehead atoms. The largest absolute Gasteiger partial charge is 0.381 e. The normalized spacial score (nSPS) is 12.6. The molecule has 0 heterocycles. The van der Waals surface area contributed by atoms with Gasteiger partial charge < -0.3 is 9.90 Å². The number of hydrogen-bond donors (Lipinski definition) is 1. The number of aryl methyl sites for hydroxylation is 1. The summed E-state index contributed by atoms with van der Waals surface area (Å²) >= 11 is 0. The lowest BCUT2D eigenvalue weighted by molar-refractivity contribution is -0.115. The summed E-state index contributed by atoms with van der Waals surface area (Å²) in [4.78, 5) is 10.2. The van der Waals surface area contributed by atoms with E-state index in [2.05, 4.69) is 0 Å². The van der Waals surface area contributed by atoms with Crippen LogP contribution in [0.1, 0.15) is 17.2 Å². The number of halogens is 1. The van der Waals surface area contributed by atoms with Gasteiger partial charge in [0, 0.05) is 5.56 Å². The molecule has 0 amide bonds. The van der Waals surface area contributed by atoms with Crippen molar-refractivity contribution in [1.82, 2.24) is 0 Å². The van der Waals surface area contributed by atoms with Crippen LogP contribution in [0.4, 0.5) is 4.39 Å². The first kappa shape index (κ1) is 8.87. The molecule has 0 saturated heterocycles. The quantitative estimate of drug-likeness (QED) is 0.677. The molecule has 0 saturated carbocycles. The highest BCUT2D eigenvalue weighted by Gasteiger charge is 2.10. The van der Waals surface area contributed by atoms with Crippen LogP contribution in [0, 0.1) is 12.7 Å². The highest BCUT2D eigenvalue weighted by atomic mass is 19.1. The van der Waals surface area contributed by atoms with E-state index in [1.54, 1.807) is 13.0 Å². The van der Waals surface area contributed by atoms with Gasteiger partial charge in [-0.3, -0.25) is 0 Å². The van der Waals surface area contributed by atoms with Gasteiger partial charge in [-0.25, -0.2) is 4.39 Å². The van der Waals surface area contributed by atoms with Crippen LogP contribution in [0.5, 0.6) is 0 Å². The van der Waals surface area contributed by atoms with E-state index in [0.29, 0.717) is 6.29 Å². The average Bonchev–Trinajstić information content (AvgIpc) is 2.08. The first-order valence-electron chi connectivity index (χ1n) is 3.54. The van der Waals surface area contributed by atoms with Crippen molar-refractivity contribution in [2.24, 2.45) is 0 Å². The average molecular weight is 168 g/mol. The van der Waals surface area contributed by atoms with Gasteiger partial charge in [0.1, 0.15) is 11.9 Å². The molecule has 1 unspecified atom stereocenters. The molecule has 0 aliphatic heterocycles. The zero-order valence-corrected chi connectivity index (χ0v) is 6.62. The van der Waals surface area contributed by atoms with E-state index in [-0.39, 0.29) is 5.56 Å². The van der Waals surface area contributed by atoms with E-state index in [1.807, 2.05) is 0 Å².